The maximum atomic E-state index is 5.84. The minimum Gasteiger partial charge on any atom is -0.329 e. The van der Waals surface area contributed by atoms with E-state index in [4.69, 9.17) is 5.73 Å². The zero-order chi connectivity index (χ0) is 12.1. The molecule has 1 aromatic heterocycles. The van der Waals surface area contributed by atoms with E-state index in [9.17, 15) is 0 Å². The van der Waals surface area contributed by atoms with Gasteiger partial charge in [0.25, 0.3) is 0 Å². The second kappa shape index (κ2) is 6.10. The van der Waals surface area contributed by atoms with E-state index in [-0.39, 0.29) is 0 Å². The van der Waals surface area contributed by atoms with Gasteiger partial charge in [0.1, 0.15) is 0 Å². The summed E-state index contributed by atoms with van der Waals surface area (Å²) in [6.07, 6.45) is 2.88. The van der Waals surface area contributed by atoms with Crippen LogP contribution in [0.2, 0.25) is 0 Å². The van der Waals surface area contributed by atoms with Crippen molar-refractivity contribution in [3.8, 4) is 0 Å². The van der Waals surface area contributed by atoms with Gasteiger partial charge >= 0.3 is 0 Å². The van der Waals surface area contributed by atoms with Crippen molar-refractivity contribution in [2.24, 2.45) is 5.73 Å². The molecule has 17 heavy (non-hydrogen) atoms. The summed E-state index contributed by atoms with van der Waals surface area (Å²) in [6, 6.07) is 6.60. The lowest BCUT2D eigenvalue weighted by Gasteiger charge is -2.39. The summed E-state index contributed by atoms with van der Waals surface area (Å²) in [5.41, 5.74) is 7.01. The first kappa shape index (κ1) is 12.5. The monoisotopic (exact) mass is 234 g/mol. The van der Waals surface area contributed by atoms with E-state index in [1.807, 2.05) is 18.3 Å². The maximum absolute atomic E-state index is 5.84. The Morgan fingerprint density at radius 2 is 2.29 bits per heavy atom. The normalized spacial score (nSPS) is 22.8. The highest BCUT2D eigenvalue weighted by Gasteiger charge is 2.23. The second-order valence-electron chi connectivity index (χ2n) is 4.76. The Bertz CT molecular complexity index is 327. The van der Waals surface area contributed by atoms with Gasteiger partial charge in [0.15, 0.2) is 0 Å². The highest BCUT2D eigenvalue weighted by atomic mass is 15.3. The van der Waals surface area contributed by atoms with Crippen LogP contribution in [0, 0.1) is 0 Å². The van der Waals surface area contributed by atoms with E-state index < -0.39 is 0 Å². The van der Waals surface area contributed by atoms with Crippen molar-refractivity contribution in [2.75, 3.05) is 39.8 Å². The summed E-state index contributed by atoms with van der Waals surface area (Å²) >= 11 is 0. The molecule has 1 fully saturated rings. The number of aromatic nitrogens is 1. The van der Waals surface area contributed by atoms with E-state index in [1.54, 1.807) is 0 Å². The summed E-state index contributed by atoms with van der Waals surface area (Å²) in [4.78, 5) is 9.21. The van der Waals surface area contributed by atoms with Crippen LogP contribution in [-0.2, 0) is 6.42 Å². The van der Waals surface area contributed by atoms with Crippen LogP contribution in [-0.4, -0.2) is 60.6 Å². The second-order valence-corrected chi connectivity index (χ2v) is 4.76. The number of hydrogen-bond donors (Lipinski definition) is 1. The highest BCUT2D eigenvalue weighted by Crippen LogP contribution is 2.08. The van der Waals surface area contributed by atoms with E-state index in [1.165, 1.54) is 5.69 Å². The minimum absolute atomic E-state index is 0.498. The van der Waals surface area contributed by atoms with Gasteiger partial charge in [0.05, 0.1) is 0 Å². The van der Waals surface area contributed by atoms with Gasteiger partial charge in [-0.2, -0.15) is 0 Å². The third kappa shape index (κ3) is 3.49. The van der Waals surface area contributed by atoms with Gasteiger partial charge in [-0.3, -0.25) is 9.88 Å². The third-order valence-electron chi connectivity index (χ3n) is 3.46. The summed E-state index contributed by atoms with van der Waals surface area (Å²) in [5.74, 6) is 0. The molecule has 2 heterocycles. The summed E-state index contributed by atoms with van der Waals surface area (Å²) in [7, 11) is 2.17. The zero-order valence-electron chi connectivity index (χ0n) is 10.5. The minimum atomic E-state index is 0.498. The fourth-order valence-corrected chi connectivity index (χ4v) is 2.37. The number of hydrogen-bond acceptors (Lipinski definition) is 4. The SMILES string of the molecule is CN1CCN(CCc2ccccn2)C(CN)C1. The van der Waals surface area contributed by atoms with Crippen molar-refractivity contribution in [2.45, 2.75) is 12.5 Å². The standard InChI is InChI=1S/C13H22N4/c1-16-8-9-17(13(10-14)11-16)7-5-12-4-2-3-6-15-12/h2-4,6,13H,5,7-11,14H2,1H3. The lowest BCUT2D eigenvalue weighted by atomic mass is 10.1. The summed E-state index contributed by atoms with van der Waals surface area (Å²) < 4.78 is 0. The Morgan fingerprint density at radius 1 is 1.41 bits per heavy atom. The maximum Gasteiger partial charge on any atom is 0.0416 e. The molecule has 0 saturated carbocycles. The molecule has 1 aliphatic rings. The molecule has 1 atom stereocenters. The lowest BCUT2D eigenvalue weighted by Crippen LogP contribution is -2.55. The Labute approximate surface area is 103 Å². The van der Waals surface area contributed by atoms with Crippen LogP contribution in [0.4, 0.5) is 0 Å². The topological polar surface area (TPSA) is 45.4 Å². The smallest absolute Gasteiger partial charge is 0.0416 e. The fourth-order valence-electron chi connectivity index (χ4n) is 2.37. The molecule has 4 heteroatoms. The van der Waals surface area contributed by atoms with Gasteiger partial charge in [-0.1, -0.05) is 6.07 Å². The van der Waals surface area contributed by atoms with Crippen LogP contribution in [0.15, 0.2) is 24.4 Å². The van der Waals surface area contributed by atoms with Crippen LogP contribution in [0.1, 0.15) is 5.69 Å². The molecule has 1 saturated heterocycles. The largest absolute Gasteiger partial charge is 0.329 e. The average Bonchev–Trinajstić information content (AvgIpc) is 2.38. The molecule has 1 unspecified atom stereocenters. The van der Waals surface area contributed by atoms with Crippen molar-refractivity contribution in [3.63, 3.8) is 0 Å². The molecule has 2 N–H and O–H groups in total. The molecule has 0 bridgehead atoms. The Hall–Kier alpha value is -0.970. The molecule has 0 aromatic carbocycles. The molecule has 4 nitrogen and oxygen atoms in total. The molecule has 94 valence electrons. The molecule has 0 spiro atoms. The van der Waals surface area contributed by atoms with Gasteiger partial charge in [0, 0.05) is 57.1 Å². The first-order chi connectivity index (χ1) is 8.29. The fraction of sp³-hybridized carbons (Fsp3) is 0.615. The van der Waals surface area contributed by atoms with Gasteiger partial charge < -0.3 is 10.6 Å². The van der Waals surface area contributed by atoms with Crippen molar-refractivity contribution >= 4 is 0 Å². The van der Waals surface area contributed by atoms with Crippen molar-refractivity contribution in [1.29, 1.82) is 0 Å². The van der Waals surface area contributed by atoms with E-state index in [0.29, 0.717) is 6.04 Å². The average molecular weight is 234 g/mol. The zero-order valence-corrected chi connectivity index (χ0v) is 10.5. The van der Waals surface area contributed by atoms with Crippen molar-refractivity contribution < 1.29 is 0 Å². The van der Waals surface area contributed by atoms with Gasteiger partial charge in [-0.25, -0.2) is 0 Å². The quantitative estimate of drug-likeness (QED) is 0.808. The van der Waals surface area contributed by atoms with Gasteiger partial charge in [-0.05, 0) is 19.2 Å². The predicted molar refractivity (Wildman–Crippen MR) is 69.9 cm³/mol. The van der Waals surface area contributed by atoms with E-state index >= 15 is 0 Å². The first-order valence-corrected chi connectivity index (χ1v) is 6.32. The molecule has 2 rings (SSSR count). The highest BCUT2D eigenvalue weighted by molar-refractivity contribution is 5.04. The van der Waals surface area contributed by atoms with E-state index in [2.05, 4.69) is 27.9 Å². The van der Waals surface area contributed by atoms with Crippen LogP contribution in [0.5, 0.6) is 0 Å². The number of rotatable bonds is 4. The molecule has 1 aromatic rings. The summed E-state index contributed by atoms with van der Waals surface area (Å²) in [6.45, 7) is 5.14. The first-order valence-electron chi connectivity index (χ1n) is 6.32. The molecule has 1 aliphatic heterocycles. The van der Waals surface area contributed by atoms with Gasteiger partial charge in [-0.15, -0.1) is 0 Å². The van der Waals surface area contributed by atoms with Crippen LogP contribution in [0.3, 0.4) is 0 Å². The van der Waals surface area contributed by atoms with E-state index in [0.717, 1.165) is 39.1 Å². The molecular weight excluding hydrogens is 212 g/mol. The third-order valence-corrected chi connectivity index (χ3v) is 3.46. The number of nitrogens with zero attached hydrogens (tertiary/aromatic N) is 3. The molecule has 0 aliphatic carbocycles. The number of nitrogens with two attached hydrogens (primary N) is 1. The molecule has 0 amide bonds. The van der Waals surface area contributed by atoms with Crippen LogP contribution in [0.25, 0.3) is 0 Å². The molecular formula is C13H22N4. The van der Waals surface area contributed by atoms with Gasteiger partial charge in [0.2, 0.25) is 0 Å². The van der Waals surface area contributed by atoms with Crippen LogP contribution < -0.4 is 5.73 Å². The Kier molecular flexibility index (Phi) is 4.48. The number of pyridine rings is 1. The predicted octanol–water partition coefficient (Wildman–Crippen LogP) is 0.199. The van der Waals surface area contributed by atoms with Crippen LogP contribution >= 0.6 is 0 Å². The Morgan fingerprint density at radius 3 is 3.00 bits per heavy atom. The Balaban J connectivity index is 1.85. The summed E-state index contributed by atoms with van der Waals surface area (Å²) in [5, 5.41) is 0. The lowest BCUT2D eigenvalue weighted by molar-refractivity contribution is 0.0953. The number of piperazine rings is 1. The van der Waals surface area contributed by atoms with Crippen molar-refractivity contribution in [1.82, 2.24) is 14.8 Å². The molecule has 0 radical (unpaired) electrons. The number of likely N-dealkylation sites (N-methyl/N-ethyl adjacent to an activating group) is 1. The van der Waals surface area contributed by atoms with Crippen molar-refractivity contribution in [3.05, 3.63) is 30.1 Å².